The van der Waals surface area contributed by atoms with Gasteiger partial charge in [-0.25, -0.2) is 19.4 Å². The molecule has 0 bridgehead atoms. The molecule has 5 nitrogen and oxygen atoms in total. The molecule has 0 spiro atoms. The Bertz CT molecular complexity index is 95.9. The molecule has 0 unspecified atom stereocenters. The molecule has 0 fully saturated rings. The molecule has 0 aliphatic heterocycles. The topological polar surface area (TPSA) is 78.6 Å². The minimum absolute atomic E-state index is 0.719. The van der Waals surface area contributed by atoms with E-state index < -0.39 is 12.1 Å². The zero-order chi connectivity index (χ0) is 6.57. The van der Waals surface area contributed by atoms with Crippen molar-refractivity contribution in [2.75, 3.05) is 0 Å². The maximum atomic E-state index is 9.79. The fourth-order valence-electron chi connectivity index (χ4n) is 0.0997. The van der Waals surface area contributed by atoms with E-state index in [2.05, 4.69) is 15.5 Å². The van der Waals surface area contributed by atoms with Crippen molar-refractivity contribution < 1.29 is 19.4 Å². The highest BCUT2D eigenvalue weighted by Crippen LogP contribution is 1.76. The van der Waals surface area contributed by atoms with Gasteiger partial charge < -0.3 is 5.73 Å². The van der Waals surface area contributed by atoms with E-state index >= 15 is 0 Å². The maximum Gasteiger partial charge on any atom is 0.447 e. The third-order valence-corrected chi connectivity index (χ3v) is 0.241. The molecular weight excluding hydrogens is 114 g/mol. The molecule has 0 heterocycles. The van der Waals surface area contributed by atoms with Crippen LogP contribution in [0.25, 0.3) is 0 Å². The van der Waals surface area contributed by atoms with Gasteiger partial charge >= 0.3 is 12.1 Å². The molecule has 5 heteroatoms. The van der Waals surface area contributed by atoms with E-state index in [4.69, 9.17) is 0 Å². The Morgan fingerprint density at radius 2 is 1.88 bits per heavy atom. The van der Waals surface area contributed by atoms with Gasteiger partial charge in [0.05, 0.1) is 0 Å². The van der Waals surface area contributed by atoms with Crippen LogP contribution in [0, 0.1) is 0 Å². The first-order valence-corrected chi connectivity index (χ1v) is 1.77. The summed E-state index contributed by atoms with van der Waals surface area (Å²) in [7, 11) is 0. The predicted molar refractivity (Wildman–Crippen MR) is 22.4 cm³/mol. The molecule has 0 aromatic heterocycles. The van der Waals surface area contributed by atoms with Gasteiger partial charge in [-0.15, -0.1) is 0 Å². The van der Waals surface area contributed by atoms with E-state index in [1.807, 2.05) is 0 Å². The van der Waals surface area contributed by atoms with Gasteiger partial charge in [-0.3, -0.25) is 0 Å². The van der Waals surface area contributed by atoms with Crippen molar-refractivity contribution in [3.05, 3.63) is 0 Å². The molecule has 0 atom stereocenters. The number of nitrogens with two attached hydrogens (primary N) is 1. The largest absolute Gasteiger partial charge is 0.447 e. The molecule has 0 aliphatic carbocycles. The maximum absolute atomic E-state index is 9.79. The summed E-state index contributed by atoms with van der Waals surface area (Å²) < 4.78 is 0. The number of carbonyl (C=O) groups excluding carboxylic acids is 2. The molecule has 0 aromatic carbocycles. The fourth-order valence-corrected chi connectivity index (χ4v) is 0.0997. The van der Waals surface area contributed by atoms with E-state index in [0.29, 0.717) is 0 Å². The van der Waals surface area contributed by atoms with Crippen LogP contribution in [0.4, 0.5) is 4.79 Å². The molecular formula is C3H5NO4. The van der Waals surface area contributed by atoms with Crippen LogP contribution in [-0.2, 0) is 14.6 Å². The van der Waals surface area contributed by atoms with Crippen LogP contribution in [0.1, 0.15) is 6.92 Å². The van der Waals surface area contributed by atoms with Crippen LogP contribution in [0.2, 0.25) is 0 Å². The SMILES string of the molecule is CC(=O)OOC(N)=O. The molecule has 2 N–H and O–H groups in total. The lowest BCUT2D eigenvalue weighted by molar-refractivity contribution is -0.228. The first kappa shape index (κ1) is 6.74. The van der Waals surface area contributed by atoms with Gasteiger partial charge in [-0.2, -0.15) is 0 Å². The summed E-state index contributed by atoms with van der Waals surface area (Å²) in [5.74, 6) is -0.719. The third-order valence-electron chi connectivity index (χ3n) is 0.241. The van der Waals surface area contributed by atoms with E-state index in [1.165, 1.54) is 0 Å². The lowest BCUT2D eigenvalue weighted by atomic mass is 10.8. The third kappa shape index (κ3) is 4.74. The second-order valence-corrected chi connectivity index (χ2v) is 0.977. The Morgan fingerprint density at radius 1 is 1.38 bits per heavy atom. The van der Waals surface area contributed by atoms with Gasteiger partial charge in [-0.05, 0) is 0 Å². The predicted octanol–water partition coefficient (Wildman–Crippen LogP) is -0.440. The van der Waals surface area contributed by atoms with Gasteiger partial charge in [0.15, 0.2) is 0 Å². The van der Waals surface area contributed by atoms with Crippen LogP contribution in [0.3, 0.4) is 0 Å². The zero-order valence-corrected chi connectivity index (χ0v) is 4.21. The Morgan fingerprint density at radius 3 is 2.00 bits per heavy atom. The van der Waals surface area contributed by atoms with Gasteiger partial charge in [0.2, 0.25) is 0 Å². The number of hydrogen-bond donors (Lipinski definition) is 1. The van der Waals surface area contributed by atoms with Crippen LogP contribution in [-0.4, -0.2) is 12.1 Å². The Labute approximate surface area is 45.3 Å². The van der Waals surface area contributed by atoms with E-state index in [0.717, 1.165) is 6.92 Å². The van der Waals surface area contributed by atoms with Gasteiger partial charge in [0, 0.05) is 6.92 Å². The standard InChI is InChI=1S/C3H5NO4/c1-2(5)7-8-3(4)6/h1H3,(H2,4,6). The molecule has 46 valence electrons. The van der Waals surface area contributed by atoms with Gasteiger partial charge in [0.25, 0.3) is 0 Å². The van der Waals surface area contributed by atoms with E-state index in [1.54, 1.807) is 0 Å². The summed E-state index contributed by atoms with van der Waals surface area (Å²) in [5, 5.41) is 0. The monoisotopic (exact) mass is 119 g/mol. The Balaban J connectivity index is 3.18. The Hall–Kier alpha value is -1.26. The van der Waals surface area contributed by atoms with Crippen molar-refractivity contribution in [2.45, 2.75) is 6.92 Å². The molecule has 8 heavy (non-hydrogen) atoms. The average molecular weight is 119 g/mol. The average Bonchev–Trinajstić information content (AvgIpc) is 1.61. The number of rotatable bonds is 0. The fraction of sp³-hybridized carbons (Fsp3) is 0.333. The molecule has 0 saturated carbocycles. The molecule has 0 rings (SSSR count). The highest BCUT2D eigenvalue weighted by molar-refractivity contribution is 5.68. The van der Waals surface area contributed by atoms with Crippen molar-refractivity contribution in [3.63, 3.8) is 0 Å². The lowest BCUT2D eigenvalue weighted by Gasteiger charge is -1.92. The Kier molecular flexibility index (Phi) is 2.39. The first-order chi connectivity index (χ1) is 3.63. The molecule has 0 aliphatic rings. The second kappa shape index (κ2) is 2.84. The normalized spacial score (nSPS) is 7.62. The van der Waals surface area contributed by atoms with Crippen molar-refractivity contribution >= 4 is 12.1 Å². The van der Waals surface area contributed by atoms with E-state index in [9.17, 15) is 9.59 Å². The van der Waals surface area contributed by atoms with Crippen molar-refractivity contribution in [2.24, 2.45) is 5.73 Å². The molecule has 0 saturated heterocycles. The molecule has 0 aromatic rings. The second-order valence-electron chi connectivity index (χ2n) is 0.977. The van der Waals surface area contributed by atoms with Gasteiger partial charge in [-0.1, -0.05) is 0 Å². The van der Waals surface area contributed by atoms with Crippen LogP contribution in [0.5, 0.6) is 0 Å². The summed E-state index contributed by atoms with van der Waals surface area (Å²) >= 11 is 0. The number of primary amides is 1. The van der Waals surface area contributed by atoms with Crippen molar-refractivity contribution in [1.82, 2.24) is 0 Å². The lowest BCUT2D eigenvalue weighted by Crippen LogP contribution is -2.15. The highest BCUT2D eigenvalue weighted by atomic mass is 17.2. The summed E-state index contributed by atoms with van der Waals surface area (Å²) in [6.07, 6.45) is -1.14. The first-order valence-electron chi connectivity index (χ1n) is 1.77. The van der Waals surface area contributed by atoms with Crippen molar-refractivity contribution in [3.8, 4) is 0 Å². The molecule has 1 amide bonds. The summed E-state index contributed by atoms with van der Waals surface area (Å²) in [6, 6.07) is 0. The van der Waals surface area contributed by atoms with Crippen LogP contribution >= 0.6 is 0 Å². The minimum Gasteiger partial charge on any atom is -0.332 e. The minimum atomic E-state index is -1.14. The number of hydrogen-bond acceptors (Lipinski definition) is 4. The number of carbonyl (C=O) groups is 2. The van der Waals surface area contributed by atoms with Gasteiger partial charge in [0.1, 0.15) is 0 Å². The van der Waals surface area contributed by atoms with Crippen LogP contribution in [0.15, 0.2) is 0 Å². The van der Waals surface area contributed by atoms with Crippen molar-refractivity contribution in [1.29, 1.82) is 0 Å². The zero-order valence-electron chi connectivity index (χ0n) is 4.21. The highest BCUT2D eigenvalue weighted by Gasteiger charge is 1.96. The summed E-state index contributed by atoms with van der Waals surface area (Å²) in [4.78, 5) is 26.7. The smallest absolute Gasteiger partial charge is 0.332 e. The van der Waals surface area contributed by atoms with E-state index in [-0.39, 0.29) is 0 Å². The molecule has 0 radical (unpaired) electrons. The summed E-state index contributed by atoms with van der Waals surface area (Å²) in [6.45, 7) is 1.09. The number of amides is 1. The van der Waals surface area contributed by atoms with Crippen LogP contribution < -0.4 is 5.73 Å². The summed E-state index contributed by atoms with van der Waals surface area (Å²) in [5.41, 5.74) is 4.40. The quantitative estimate of drug-likeness (QED) is 0.346.